The van der Waals surface area contributed by atoms with Crippen LogP contribution in [-0.4, -0.2) is 46.9 Å². The maximum Gasteiger partial charge on any atom is 0.270 e. The highest BCUT2D eigenvalue weighted by Gasteiger charge is 2.16. The molecular weight excluding hydrogens is 220 g/mol. The minimum absolute atomic E-state index is 0.0588. The van der Waals surface area contributed by atoms with Crippen LogP contribution in [-0.2, 0) is 0 Å². The van der Waals surface area contributed by atoms with E-state index in [0.717, 1.165) is 12.8 Å². The van der Waals surface area contributed by atoms with E-state index < -0.39 is 0 Å². The van der Waals surface area contributed by atoms with Gasteiger partial charge in [-0.05, 0) is 18.6 Å². The predicted molar refractivity (Wildman–Crippen MR) is 64.1 cm³/mol. The van der Waals surface area contributed by atoms with Gasteiger partial charge in [-0.1, -0.05) is 13.3 Å². The summed E-state index contributed by atoms with van der Waals surface area (Å²) in [5.74, 6) is -0.180. The molecule has 0 bridgehead atoms. The number of hydrogen-bond donors (Lipinski definition) is 2. The Labute approximate surface area is 100 Å². The van der Waals surface area contributed by atoms with Gasteiger partial charge in [0.25, 0.3) is 5.91 Å². The van der Waals surface area contributed by atoms with Crippen molar-refractivity contribution in [3.8, 4) is 0 Å². The molecule has 2 N–H and O–H groups in total. The second kappa shape index (κ2) is 6.85. The Morgan fingerprint density at radius 1 is 1.47 bits per heavy atom. The molecule has 0 fully saturated rings. The normalized spacial score (nSPS) is 10.2. The third-order valence-electron chi connectivity index (χ3n) is 2.50. The van der Waals surface area contributed by atoms with Crippen molar-refractivity contribution in [1.82, 2.24) is 9.88 Å². The fraction of sp³-hybridized carbons (Fsp3) is 0.500. The third-order valence-corrected chi connectivity index (χ3v) is 2.50. The molecule has 5 nitrogen and oxygen atoms in total. The topological polar surface area (TPSA) is 73.4 Å². The number of unbranched alkanes of at least 4 members (excludes halogenated alkanes) is 1. The highest BCUT2D eigenvalue weighted by Crippen LogP contribution is 2.06. The molecule has 0 aliphatic rings. The molecule has 1 aromatic heterocycles. The van der Waals surface area contributed by atoms with Crippen LogP contribution in [0.1, 0.15) is 40.7 Å². The summed E-state index contributed by atoms with van der Waals surface area (Å²) < 4.78 is 0. The number of aliphatic hydroxyl groups excluding tert-OH is 1. The van der Waals surface area contributed by atoms with Crippen molar-refractivity contribution >= 4 is 12.2 Å². The van der Waals surface area contributed by atoms with Crippen LogP contribution in [0.25, 0.3) is 0 Å². The number of nitrogens with one attached hydrogen (secondary N) is 1. The van der Waals surface area contributed by atoms with E-state index in [1.54, 1.807) is 17.0 Å². The Kier molecular flexibility index (Phi) is 5.42. The van der Waals surface area contributed by atoms with Crippen molar-refractivity contribution in [3.05, 3.63) is 23.5 Å². The first-order chi connectivity index (χ1) is 8.22. The number of aromatic amines is 1. The summed E-state index contributed by atoms with van der Waals surface area (Å²) in [7, 11) is 0. The quantitative estimate of drug-likeness (QED) is 0.698. The Hall–Kier alpha value is -1.62. The van der Waals surface area contributed by atoms with Crippen LogP contribution < -0.4 is 0 Å². The van der Waals surface area contributed by atoms with E-state index in [2.05, 4.69) is 4.98 Å². The maximum atomic E-state index is 12.0. The van der Waals surface area contributed by atoms with Gasteiger partial charge in [-0.15, -0.1) is 0 Å². The molecule has 5 heteroatoms. The van der Waals surface area contributed by atoms with Crippen LogP contribution in [0.15, 0.2) is 12.1 Å². The van der Waals surface area contributed by atoms with Crippen molar-refractivity contribution in [2.75, 3.05) is 19.7 Å². The molecule has 1 rings (SSSR count). The summed E-state index contributed by atoms with van der Waals surface area (Å²) in [6.45, 7) is 2.91. The number of carbonyl (C=O) groups is 2. The summed E-state index contributed by atoms with van der Waals surface area (Å²) in [6.07, 6.45) is 2.55. The number of amides is 1. The lowest BCUT2D eigenvalue weighted by Gasteiger charge is -2.20. The lowest BCUT2D eigenvalue weighted by atomic mass is 10.3. The van der Waals surface area contributed by atoms with Crippen molar-refractivity contribution in [2.24, 2.45) is 0 Å². The Morgan fingerprint density at radius 3 is 2.76 bits per heavy atom. The van der Waals surface area contributed by atoms with Crippen LogP contribution in [0.5, 0.6) is 0 Å². The zero-order valence-corrected chi connectivity index (χ0v) is 9.98. The monoisotopic (exact) mass is 238 g/mol. The summed E-state index contributed by atoms with van der Waals surface area (Å²) in [5, 5.41) is 8.92. The van der Waals surface area contributed by atoms with Crippen LogP contribution in [0.4, 0.5) is 0 Å². The van der Waals surface area contributed by atoms with Gasteiger partial charge in [-0.2, -0.15) is 0 Å². The lowest BCUT2D eigenvalue weighted by Crippen LogP contribution is -2.34. The highest BCUT2D eigenvalue weighted by atomic mass is 16.3. The zero-order valence-electron chi connectivity index (χ0n) is 9.98. The lowest BCUT2D eigenvalue weighted by molar-refractivity contribution is 0.0714. The summed E-state index contributed by atoms with van der Waals surface area (Å²) in [4.78, 5) is 26.9. The van der Waals surface area contributed by atoms with Gasteiger partial charge in [-0.3, -0.25) is 9.59 Å². The van der Waals surface area contributed by atoms with Gasteiger partial charge >= 0.3 is 0 Å². The molecule has 0 aliphatic heterocycles. The molecule has 0 saturated carbocycles. The number of rotatable bonds is 7. The van der Waals surface area contributed by atoms with Gasteiger partial charge in [0.2, 0.25) is 0 Å². The van der Waals surface area contributed by atoms with Crippen LogP contribution >= 0.6 is 0 Å². The number of aliphatic hydroxyl groups is 1. The van der Waals surface area contributed by atoms with E-state index in [9.17, 15) is 9.59 Å². The summed E-state index contributed by atoms with van der Waals surface area (Å²) in [6, 6.07) is 3.15. The van der Waals surface area contributed by atoms with Gasteiger partial charge in [0.1, 0.15) is 5.69 Å². The maximum absolute atomic E-state index is 12.0. The average Bonchev–Trinajstić information content (AvgIpc) is 2.82. The molecule has 0 spiro atoms. The minimum atomic E-state index is -0.180. The standard InChI is InChI=1S/C12H18N2O3/c1-2-3-6-14(7-8-15)12(17)11-5-4-10(9-16)13-11/h4-5,9,13,15H,2-3,6-8H2,1H3. The van der Waals surface area contributed by atoms with Crippen molar-refractivity contribution in [3.63, 3.8) is 0 Å². The molecule has 0 atom stereocenters. The number of aromatic nitrogens is 1. The van der Waals surface area contributed by atoms with Gasteiger partial charge in [0.05, 0.1) is 12.3 Å². The van der Waals surface area contributed by atoms with E-state index in [1.165, 1.54) is 0 Å². The number of nitrogens with zero attached hydrogens (tertiary/aromatic N) is 1. The third kappa shape index (κ3) is 3.71. The molecule has 1 aromatic rings. The zero-order chi connectivity index (χ0) is 12.7. The van der Waals surface area contributed by atoms with Crippen LogP contribution in [0.3, 0.4) is 0 Å². The number of carbonyl (C=O) groups excluding carboxylic acids is 2. The van der Waals surface area contributed by atoms with Crippen molar-refractivity contribution < 1.29 is 14.7 Å². The fourth-order valence-corrected chi connectivity index (χ4v) is 1.56. The molecule has 0 aliphatic carbocycles. The molecule has 0 unspecified atom stereocenters. The second-order valence-corrected chi connectivity index (χ2v) is 3.81. The SMILES string of the molecule is CCCCN(CCO)C(=O)c1ccc(C=O)[nH]1. The largest absolute Gasteiger partial charge is 0.395 e. The van der Waals surface area contributed by atoms with Crippen molar-refractivity contribution in [2.45, 2.75) is 19.8 Å². The first-order valence-corrected chi connectivity index (χ1v) is 5.77. The number of aldehydes is 1. The molecule has 1 amide bonds. The first-order valence-electron chi connectivity index (χ1n) is 5.77. The molecule has 17 heavy (non-hydrogen) atoms. The van der Waals surface area contributed by atoms with Gasteiger partial charge in [-0.25, -0.2) is 0 Å². The molecular formula is C12H18N2O3. The van der Waals surface area contributed by atoms with Gasteiger partial charge < -0.3 is 15.0 Å². The van der Waals surface area contributed by atoms with Crippen LogP contribution in [0.2, 0.25) is 0 Å². The number of H-pyrrole nitrogens is 1. The number of hydrogen-bond acceptors (Lipinski definition) is 3. The van der Waals surface area contributed by atoms with Gasteiger partial charge in [0, 0.05) is 13.1 Å². The minimum Gasteiger partial charge on any atom is -0.395 e. The van der Waals surface area contributed by atoms with Gasteiger partial charge in [0.15, 0.2) is 6.29 Å². The molecule has 0 aromatic carbocycles. The summed E-state index contributed by atoms with van der Waals surface area (Å²) >= 11 is 0. The highest BCUT2D eigenvalue weighted by molar-refractivity contribution is 5.93. The van der Waals surface area contributed by atoms with E-state index >= 15 is 0 Å². The van der Waals surface area contributed by atoms with E-state index in [0.29, 0.717) is 30.8 Å². The second-order valence-electron chi connectivity index (χ2n) is 3.81. The Morgan fingerprint density at radius 2 is 2.24 bits per heavy atom. The van der Waals surface area contributed by atoms with E-state index in [4.69, 9.17) is 5.11 Å². The molecule has 1 heterocycles. The average molecular weight is 238 g/mol. The Balaban J connectivity index is 2.71. The molecule has 94 valence electrons. The van der Waals surface area contributed by atoms with E-state index in [-0.39, 0.29) is 12.5 Å². The molecule has 0 radical (unpaired) electrons. The Bertz CT molecular complexity index is 374. The summed E-state index contributed by atoms with van der Waals surface area (Å²) in [5.41, 5.74) is 0.768. The van der Waals surface area contributed by atoms with Crippen molar-refractivity contribution in [1.29, 1.82) is 0 Å². The van der Waals surface area contributed by atoms with E-state index in [1.807, 2.05) is 6.92 Å². The molecule has 0 saturated heterocycles. The first kappa shape index (κ1) is 13.4. The predicted octanol–water partition coefficient (Wildman–Crippen LogP) is 1.06. The fourth-order valence-electron chi connectivity index (χ4n) is 1.56. The smallest absolute Gasteiger partial charge is 0.270 e. The van der Waals surface area contributed by atoms with Crippen LogP contribution in [0, 0.1) is 0 Å².